The average molecular weight is 431 g/mol. The summed E-state index contributed by atoms with van der Waals surface area (Å²) in [6.07, 6.45) is -4.58. The van der Waals surface area contributed by atoms with Gasteiger partial charge in [0.05, 0.1) is 23.2 Å². The molecule has 1 amide bonds. The number of alkyl halides is 3. The van der Waals surface area contributed by atoms with Crippen LogP contribution in [0.5, 0.6) is 0 Å². The van der Waals surface area contributed by atoms with E-state index in [4.69, 9.17) is 11.6 Å². The molecular weight excluding hydrogens is 409 g/mol. The first-order chi connectivity index (χ1) is 13.6. The second kappa shape index (κ2) is 8.68. The Morgan fingerprint density at radius 3 is 2.59 bits per heavy atom. The van der Waals surface area contributed by atoms with Gasteiger partial charge in [0.2, 0.25) is 5.91 Å². The van der Waals surface area contributed by atoms with E-state index >= 15 is 0 Å². The topological polar surface area (TPSA) is 77.2 Å². The summed E-state index contributed by atoms with van der Waals surface area (Å²) in [7, 11) is 0. The summed E-state index contributed by atoms with van der Waals surface area (Å²) in [5, 5.41) is 9.09. The highest BCUT2D eigenvalue weighted by molar-refractivity contribution is 6.31. The van der Waals surface area contributed by atoms with Crippen LogP contribution < -0.4 is 5.32 Å². The normalized spacial score (nSPS) is 17.3. The third kappa shape index (κ3) is 5.46. The summed E-state index contributed by atoms with van der Waals surface area (Å²) in [6.45, 7) is 7.01. The van der Waals surface area contributed by atoms with E-state index in [0.29, 0.717) is 19.6 Å². The lowest BCUT2D eigenvalue weighted by Gasteiger charge is -2.37. The van der Waals surface area contributed by atoms with E-state index in [1.165, 1.54) is 6.07 Å². The molecule has 1 aliphatic rings. The lowest BCUT2D eigenvalue weighted by molar-refractivity contribution is -0.137. The predicted octanol–water partition coefficient (Wildman–Crippen LogP) is 2.93. The highest BCUT2D eigenvalue weighted by Gasteiger charge is 2.34. The maximum absolute atomic E-state index is 13.0. The van der Waals surface area contributed by atoms with E-state index in [0.717, 1.165) is 36.9 Å². The lowest BCUT2D eigenvalue weighted by atomic mass is 10.1. The van der Waals surface area contributed by atoms with Crippen molar-refractivity contribution in [1.82, 2.24) is 25.0 Å². The number of amides is 1. The number of piperazine rings is 1. The van der Waals surface area contributed by atoms with Gasteiger partial charge in [-0.1, -0.05) is 11.6 Å². The fraction of sp³-hybridized carbons (Fsp3) is 0.500. The van der Waals surface area contributed by atoms with E-state index in [2.05, 4.69) is 25.4 Å². The van der Waals surface area contributed by atoms with Gasteiger partial charge >= 0.3 is 6.18 Å². The number of aryl methyl sites for hydroxylation is 1. The van der Waals surface area contributed by atoms with Crippen LogP contribution in [0.4, 0.5) is 18.9 Å². The molecule has 0 bridgehead atoms. The molecule has 1 aliphatic heterocycles. The second-order valence-electron chi connectivity index (χ2n) is 7.01. The van der Waals surface area contributed by atoms with Crippen LogP contribution in [0, 0.1) is 6.92 Å². The molecule has 2 aromatic rings. The van der Waals surface area contributed by atoms with Crippen molar-refractivity contribution in [2.24, 2.45) is 0 Å². The van der Waals surface area contributed by atoms with Crippen molar-refractivity contribution < 1.29 is 18.0 Å². The minimum absolute atomic E-state index is 0.0668. The number of nitrogens with zero attached hydrogens (tertiary/aromatic N) is 4. The van der Waals surface area contributed by atoms with Gasteiger partial charge in [0.15, 0.2) is 5.82 Å². The van der Waals surface area contributed by atoms with Crippen molar-refractivity contribution in [3.8, 4) is 0 Å². The Hall–Kier alpha value is -2.17. The highest BCUT2D eigenvalue weighted by Crippen LogP contribution is 2.36. The van der Waals surface area contributed by atoms with Crippen molar-refractivity contribution in [2.75, 3.05) is 31.5 Å². The number of rotatable bonds is 5. The van der Waals surface area contributed by atoms with E-state index < -0.39 is 22.8 Å². The zero-order valence-electron chi connectivity index (χ0n) is 16.1. The molecule has 158 valence electrons. The van der Waals surface area contributed by atoms with Gasteiger partial charge in [-0.15, -0.1) is 0 Å². The molecule has 11 heteroatoms. The molecule has 2 N–H and O–H groups in total. The molecule has 1 fully saturated rings. The summed E-state index contributed by atoms with van der Waals surface area (Å²) in [5.74, 6) is 1.13. The zero-order valence-corrected chi connectivity index (χ0v) is 16.8. The van der Waals surface area contributed by atoms with Crippen molar-refractivity contribution in [3.05, 3.63) is 40.4 Å². The highest BCUT2D eigenvalue weighted by atomic mass is 35.5. The quantitative estimate of drug-likeness (QED) is 0.762. The van der Waals surface area contributed by atoms with Gasteiger partial charge in [-0.05, 0) is 32.0 Å². The third-order valence-electron chi connectivity index (χ3n) is 4.88. The first-order valence-electron chi connectivity index (χ1n) is 9.15. The number of hydrogen-bond donors (Lipinski definition) is 2. The Labute approximate surface area is 171 Å². The molecule has 29 heavy (non-hydrogen) atoms. The fourth-order valence-electron chi connectivity index (χ4n) is 3.20. The lowest BCUT2D eigenvalue weighted by Crippen LogP contribution is -2.52. The number of aromatic amines is 1. The average Bonchev–Trinajstić information content (AvgIpc) is 3.07. The molecule has 1 aromatic heterocycles. The molecule has 7 nitrogen and oxygen atoms in total. The Morgan fingerprint density at radius 2 is 2.00 bits per heavy atom. The number of carbonyl (C=O) groups excluding carboxylic acids is 1. The number of benzene rings is 1. The van der Waals surface area contributed by atoms with Gasteiger partial charge in [-0.2, -0.15) is 18.3 Å². The van der Waals surface area contributed by atoms with Crippen molar-refractivity contribution >= 4 is 23.2 Å². The second-order valence-corrected chi connectivity index (χ2v) is 7.41. The van der Waals surface area contributed by atoms with E-state index in [1.807, 2.05) is 11.8 Å². The third-order valence-corrected chi connectivity index (χ3v) is 5.21. The Morgan fingerprint density at radius 1 is 1.31 bits per heavy atom. The van der Waals surface area contributed by atoms with Crippen LogP contribution in [0.1, 0.15) is 24.1 Å². The zero-order chi connectivity index (χ0) is 21.2. The first kappa shape index (κ1) is 21.5. The number of hydrogen-bond acceptors (Lipinski definition) is 5. The van der Waals surface area contributed by atoms with Crippen LogP contribution in [-0.4, -0.2) is 63.1 Å². The van der Waals surface area contributed by atoms with Crippen molar-refractivity contribution in [2.45, 2.75) is 32.6 Å². The summed E-state index contributed by atoms with van der Waals surface area (Å²) in [4.78, 5) is 21.0. The smallest absolute Gasteiger partial charge is 0.325 e. The summed E-state index contributed by atoms with van der Waals surface area (Å²) in [5.41, 5.74) is -0.905. The predicted molar refractivity (Wildman–Crippen MR) is 103 cm³/mol. The molecule has 0 unspecified atom stereocenters. The largest absolute Gasteiger partial charge is 0.417 e. The SMILES string of the molecule is Cc1nc(CN2CCN([C@H](C)C(=O)Nc3ccc(Cl)c(C(F)(F)F)c3)CC2)n[nH]1. The van der Waals surface area contributed by atoms with Gasteiger partial charge in [0.1, 0.15) is 5.82 Å². The first-order valence-corrected chi connectivity index (χ1v) is 9.53. The van der Waals surface area contributed by atoms with Gasteiger partial charge in [0, 0.05) is 31.9 Å². The van der Waals surface area contributed by atoms with Gasteiger partial charge in [0.25, 0.3) is 0 Å². The Bertz CT molecular complexity index is 864. The summed E-state index contributed by atoms with van der Waals surface area (Å²) >= 11 is 5.62. The van der Waals surface area contributed by atoms with Gasteiger partial charge in [-0.3, -0.25) is 19.7 Å². The number of anilines is 1. The molecule has 0 aliphatic carbocycles. The van der Waals surface area contributed by atoms with Crippen LogP contribution in [0.25, 0.3) is 0 Å². The molecule has 1 aromatic carbocycles. The molecule has 0 saturated carbocycles. The Balaban J connectivity index is 1.54. The number of nitrogens with one attached hydrogen (secondary N) is 2. The van der Waals surface area contributed by atoms with Gasteiger partial charge in [-0.25, -0.2) is 4.98 Å². The standard InChI is InChI=1S/C18H22ClF3N6O/c1-11(17(29)24-13-3-4-15(19)14(9-13)18(20,21)22)28-7-5-27(6-8-28)10-16-23-12(2)25-26-16/h3-4,9,11H,5-8,10H2,1-2H3,(H,24,29)(H,23,25,26)/t11-/m1/s1. The molecule has 2 heterocycles. The summed E-state index contributed by atoms with van der Waals surface area (Å²) < 4.78 is 39.0. The monoisotopic (exact) mass is 430 g/mol. The van der Waals surface area contributed by atoms with Crippen molar-refractivity contribution in [3.63, 3.8) is 0 Å². The number of halogens is 4. The molecular formula is C18H22ClF3N6O. The molecule has 3 rings (SSSR count). The van der Waals surface area contributed by atoms with Crippen LogP contribution in [0.3, 0.4) is 0 Å². The van der Waals surface area contributed by atoms with Crippen LogP contribution in [0.15, 0.2) is 18.2 Å². The molecule has 0 radical (unpaired) electrons. The molecule has 1 atom stereocenters. The maximum atomic E-state index is 13.0. The minimum Gasteiger partial charge on any atom is -0.325 e. The number of carbonyl (C=O) groups is 1. The van der Waals surface area contributed by atoms with Crippen molar-refractivity contribution in [1.29, 1.82) is 0 Å². The van der Waals surface area contributed by atoms with E-state index in [1.54, 1.807) is 6.92 Å². The molecule has 1 saturated heterocycles. The van der Waals surface area contributed by atoms with Crippen LogP contribution in [0.2, 0.25) is 5.02 Å². The fourth-order valence-corrected chi connectivity index (χ4v) is 3.43. The van der Waals surface area contributed by atoms with Crippen LogP contribution in [-0.2, 0) is 17.5 Å². The Kier molecular flexibility index (Phi) is 6.45. The summed E-state index contributed by atoms with van der Waals surface area (Å²) in [6, 6.07) is 2.87. The number of aromatic nitrogens is 3. The van der Waals surface area contributed by atoms with E-state index in [-0.39, 0.29) is 11.6 Å². The minimum atomic E-state index is -4.58. The van der Waals surface area contributed by atoms with Gasteiger partial charge < -0.3 is 5.32 Å². The van der Waals surface area contributed by atoms with E-state index in [9.17, 15) is 18.0 Å². The molecule has 0 spiro atoms. The number of H-pyrrole nitrogens is 1. The van der Waals surface area contributed by atoms with Crippen LogP contribution >= 0.6 is 11.6 Å². The maximum Gasteiger partial charge on any atom is 0.417 e.